The van der Waals surface area contributed by atoms with Crippen molar-refractivity contribution in [2.24, 2.45) is 0 Å². The van der Waals surface area contributed by atoms with Gasteiger partial charge in [-0.2, -0.15) is 0 Å². The number of hydrogen-bond acceptors (Lipinski definition) is 2. The summed E-state index contributed by atoms with van der Waals surface area (Å²) in [5.74, 6) is 0. The van der Waals surface area contributed by atoms with E-state index >= 15 is 0 Å². The summed E-state index contributed by atoms with van der Waals surface area (Å²) < 4.78 is 4.76. The van der Waals surface area contributed by atoms with Gasteiger partial charge >= 0.3 is 6.47 Å². The van der Waals surface area contributed by atoms with Gasteiger partial charge in [0.1, 0.15) is 6.10 Å². The summed E-state index contributed by atoms with van der Waals surface area (Å²) in [5.41, 5.74) is 3.54. The van der Waals surface area contributed by atoms with Gasteiger partial charge in [0.25, 0.3) is 0 Å². The molecule has 2 aromatic carbocycles. The molecule has 0 saturated carbocycles. The van der Waals surface area contributed by atoms with Crippen molar-refractivity contribution in [1.82, 2.24) is 0 Å². The number of rotatable bonds is 5. The molecule has 0 bridgehead atoms. The molecule has 1 unspecified atom stereocenters. The van der Waals surface area contributed by atoms with E-state index in [1.54, 1.807) is 0 Å². The molecule has 91 valence electrons. The fourth-order valence-corrected chi connectivity index (χ4v) is 1.92. The maximum Gasteiger partial charge on any atom is 0.417 e. The Balaban J connectivity index is 2.08. The summed E-state index contributed by atoms with van der Waals surface area (Å²) in [5, 5.41) is 0. The van der Waals surface area contributed by atoms with E-state index in [1.165, 1.54) is 17.6 Å². The minimum Gasteiger partial charge on any atom is -0.454 e. The highest BCUT2D eigenvalue weighted by atomic mass is 16.5. The van der Waals surface area contributed by atoms with Crippen LogP contribution in [0.25, 0.3) is 11.1 Å². The van der Waals surface area contributed by atoms with Gasteiger partial charge in [0.05, 0.1) is 0 Å². The number of benzene rings is 2. The SMILES string of the molecule is CC(Cc1ccc(-c2ccccc2)cc1)O[C]=O. The third-order valence-corrected chi connectivity index (χ3v) is 2.83. The van der Waals surface area contributed by atoms with Crippen LogP contribution in [0, 0.1) is 0 Å². The third kappa shape index (κ3) is 3.20. The van der Waals surface area contributed by atoms with Gasteiger partial charge in [0, 0.05) is 6.42 Å². The van der Waals surface area contributed by atoms with E-state index in [0.717, 1.165) is 5.56 Å². The van der Waals surface area contributed by atoms with Gasteiger partial charge in [-0.3, -0.25) is 0 Å². The molecule has 0 aliphatic rings. The first-order chi connectivity index (χ1) is 8.79. The number of carbonyl (C=O) groups excluding carboxylic acids is 1. The summed E-state index contributed by atoms with van der Waals surface area (Å²) in [6.07, 6.45) is 0.578. The van der Waals surface area contributed by atoms with Crippen LogP contribution in [0.2, 0.25) is 0 Å². The van der Waals surface area contributed by atoms with Crippen LogP contribution in [0.15, 0.2) is 54.6 Å². The van der Waals surface area contributed by atoms with Crippen LogP contribution < -0.4 is 0 Å². The van der Waals surface area contributed by atoms with E-state index in [1.807, 2.05) is 25.1 Å². The molecule has 2 rings (SSSR count). The minimum atomic E-state index is -0.134. The predicted octanol–water partition coefficient (Wildman–Crippen LogP) is 3.37. The second-order valence-corrected chi connectivity index (χ2v) is 4.28. The van der Waals surface area contributed by atoms with Crippen molar-refractivity contribution in [3.05, 3.63) is 60.2 Å². The summed E-state index contributed by atoms with van der Waals surface area (Å²) in [4.78, 5) is 10.1. The highest BCUT2D eigenvalue weighted by Gasteiger charge is 2.04. The normalized spacial score (nSPS) is 11.8. The Morgan fingerprint density at radius 1 is 1.00 bits per heavy atom. The quantitative estimate of drug-likeness (QED) is 0.799. The third-order valence-electron chi connectivity index (χ3n) is 2.83. The molecule has 0 N–H and O–H groups in total. The summed E-state index contributed by atoms with van der Waals surface area (Å²) in [6.45, 7) is 3.33. The Kier molecular flexibility index (Phi) is 4.13. The van der Waals surface area contributed by atoms with E-state index in [4.69, 9.17) is 4.74 Å². The second kappa shape index (κ2) is 6.01. The van der Waals surface area contributed by atoms with Crippen LogP contribution in [-0.4, -0.2) is 12.6 Å². The maximum absolute atomic E-state index is 10.1. The van der Waals surface area contributed by atoms with Crippen LogP contribution in [0.4, 0.5) is 0 Å². The molecule has 1 atom stereocenters. The van der Waals surface area contributed by atoms with Crippen molar-refractivity contribution < 1.29 is 9.53 Å². The van der Waals surface area contributed by atoms with Crippen LogP contribution in [0.3, 0.4) is 0 Å². The van der Waals surface area contributed by atoms with Gasteiger partial charge in [0.15, 0.2) is 0 Å². The van der Waals surface area contributed by atoms with Gasteiger partial charge < -0.3 is 4.74 Å². The first-order valence-electron chi connectivity index (χ1n) is 5.97. The maximum atomic E-state index is 10.1. The van der Waals surface area contributed by atoms with Crippen LogP contribution >= 0.6 is 0 Å². The highest BCUT2D eigenvalue weighted by molar-refractivity contribution is 5.63. The molecule has 2 nitrogen and oxygen atoms in total. The molecule has 0 fully saturated rings. The molecule has 0 aromatic heterocycles. The summed E-state index contributed by atoms with van der Waals surface area (Å²) in [6, 6.07) is 18.5. The topological polar surface area (TPSA) is 26.3 Å². The average molecular weight is 239 g/mol. The molecule has 18 heavy (non-hydrogen) atoms. The Bertz CT molecular complexity index is 488. The zero-order chi connectivity index (χ0) is 12.8. The molecule has 0 saturated heterocycles. The molecular formula is C16H15O2. The fourth-order valence-electron chi connectivity index (χ4n) is 1.92. The van der Waals surface area contributed by atoms with Crippen molar-refractivity contribution in [3.63, 3.8) is 0 Å². The first kappa shape index (κ1) is 12.4. The number of hydrogen-bond donors (Lipinski definition) is 0. The zero-order valence-electron chi connectivity index (χ0n) is 10.3. The lowest BCUT2D eigenvalue weighted by Crippen LogP contribution is -2.10. The Labute approximate surface area is 107 Å². The first-order valence-corrected chi connectivity index (χ1v) is 5.97. The molecule has 2 heteroatoms. The minimum absolute atomic E-state index is 0.134. The van der Waals surface area contributed by atoms with Crippen LogP contribution in [-0.2, 0) is 16.0 Å². The molecule has 0 aliphatic heterocycles. The molecule has 0 aliphatic carbocycles. The van der Waals surface area contributed by atoms with Gasteiger partial charge in [-0.05, 0) is 23.6 Å². The van der Waals surface area contributed by atoms with Gasteiger partial charge in [-0.15, -0.1) is 0 Å². The van der Waals surface area contributed by atoms with Crippen LogP contribution in [0.1, 0.15) is 12.5 Å². The van der Waals surface area contributed by atoms with E-state index in [-0.39, 0.29) is 6.10 Å². The van der Waals surface area contributed by atoms with E-state index in [0.29, 0.717) is 6.42 Å². The van der Waals surface area contributed by atoms with Crippen molar-refractivity contribution in [2.45, 2.75) is 19.4 Å². The Morgan fingerprint density at radius 3 is 2.22 bits per heavy atom. The molecule has 1 radical (unpaired) electrons. The largest absolute Gasteiger partial charge is 0.454 e. The number of ether oxygens (including phenoxy) is 1. The predicted molar refractivity (Wildman–Crippen MR) is 71.8 cm³/mol. The van der Waals surface area contributed by atoms with Gasteiger partial charge in [-0.25, -0.2) is 4.79 Å². The zero-order valence-corrected chi connectivity index (χ0v) is 10.3. The Hall–Kier alpha value is -2.09. The standard InChI is InChI=1S/C16H15O2/c1-13(18-12-17)11-14-7-9-16(10-8-14)15-5-3-2-4-6-15/h2-10,13H,11H2,1H3. The van der Waals surface area contributed by atoms with Gasteiger partial charge in [-0.1, -0.05) is 54.6 Å². The van der Waals surface area contributed by atoms with E-state index in [2.05, 4.69) is 36.4 Å². The lowest BCUT2D eigenvalue weighted by atomic mass is 10.0. The van der Waals surface area contributed by atoms with Gasteiger partial charge in [0.2, 0.25) is 0 Å². The molecule has 0 spiro atoms. The van der Waals surface area contributed by atoms with E-state index < -0.39 is 0 Å². The summed E-state index contributed by atoms with van der Waals surface area (Å²) >= 11 is 0. The van der Waals surface area contributed by atoms with Crippen molar-refractivity contribution in [2.75, 3.05) is 0 Å². The fraction of sp³-hybridized carbons (Fsp3) is 0.188. The lowest BCUT2D eigenvalue weighted by molar-refractivity contribution is 0.194. The smallest absolute Gasteiger partial charge is 0.417 e. The lowest BCUT2D eigenvalue weighted by Gasteiger charge is -2.09. The monoisotopic (exact) mass is 239 g/mol. The molecular weight excluding hydrogens is 224 g/mol. The summed E-state index contributed by atoms with van der Waals surface area (Å²) in [7, 11) is 0. The van der Waals surface area contributed by atoms with Crippen molar-refractivity contribution >= 4 is 6.47 Å². The highest BCUT2D eigenvalue weighted by Crippen LogP contribution is 2.19. The molecule has 0 amide bonds. The average Bonchev–Trinajstić information content (AvgIpc) is 2.41. The van der Waals surface area contributed by atoms with Crippen molar-refractivity contribution in [1.29, 1.82) is 0 Å². The van der Waals surface area contributed by atoms with Crippen LogP contribution in [0.5, 0.6) is 0 Å². The Morgan fingerprint density at radius 2 is 1.61 bits per heavy atom. The molecule has 0 heterocycles. The van der Waals surface area contributed by atoms with E-state index in [9.17, 15) is 4.79 Å². The second-order valence-electron chi connectivity index (χ2n) is 4.28. The van der Waals surface area contributed by atoms with Crippen molar-refractivity contribution in [3.8, 4) is 11.1 Å². The molecule has 2 aromatic rings.